The van der Waals surface area contributed by atoms with Gasteiger partial charge in [0.25, 0.3) is 0 Å². The van der Waals surface area contributed by atoms with Crippen LogP contribution in [-0.2, 0) is 9.13 Å². The third-order valence-corrected chi connectivity index (χ3v) is 10.3. The first-order valence-corrected chi connectivity index (χ1v) is 11.2. The van der Waals surface area contributed by atoms with E-state index in [4.69, 9.17) is 0 Å². The largest absolute Gasteiger partial charge is 1.00 e. The molecule has 3 unspecified atom stereocenters. The molecule has 1 aliphatic carbocycles. The molecule has 2 rings (SSSR count). The maximum Gasteiger partial charge on any atom is 0.344 e. The number of rotatable bonds is 4. The molecule has 0 aromatic rings. The fourth-order valence-corrected chi connectivity index (χ4v) is 8.06. The first-order valence-electron chi connectivity index (χ1n) is 7.39. The Hall–Kier alpha value is 1.34. The summed E-state index contributed by atoms with van der Waals surface area (Å²) in [6.07, 6.45) is 1.45. The molecular weight excluding hydrogens is 475 g/mol. The number of nitrogens with zero attached hydrogens (tertiary/aromatic N) is 1. The second-order valence-electron chi connectivity index (χ2n) is 7.38. The number of piperidine rings is 1. The molecule has 0 aromatic carbocycles. The minimum absolute atomic E-state index is 0. The van der Waals surface area contributed by atoms with Crippen molar-refractivity contribution in [3.63, 3.8) is 0 Å². The van der Waals surface area contributed by atoms with Crippen LogP contribution in [0.1, 0.15) is 25.7 Å². The molecule has 1 saturated carbocycles. The van der Waals surface area contributed by atoms with Crippen LogP contribution in [-0.4, -0.2) is 61.4 Å². The smallest absolute Gasteiger partial charge is 0.344 e. The van der Waals surface area contributed by atoms with Crippen LogP contribution in [0.15, 0.2) is 0 Å². The molecule has 2 aliphatic rings. The van der Waals surface area contributed by atoms with Crippen LogP contribution in [0.25, 0.3) is 0 Å². The van der Waals surface area contributed by atoms with Gasteiger partial charge in [0.15, 0.2) is 4.90 Å². The zero-order valence-electron chi connectivity index (χ0n) is 13.2. The third kappa shape index (κ3) is 4.03. The van der Waals surface area contributed by atoms with Gasteiger partial charge in [-0.1, -0.05) is 0 Å². The standard InChI is InChI=1S/C12H25NO6P2S.HI/c1-13(2)8-9(3-4-22)5-10-6-12(7-11(10)13,20(14,15)16)21(17,18)19;/h9-11H,3-8H2,1-2H3,(H4-,14,15,16,17,18,19,22);1H. The van der Waals surface area contributed by atoms with Crippen molar-refractivity contribution >= 4 is 27.8 Å². The summed E-state index contributed by atoms with van der Waals surface area (Å²) in [5.74, 6) is 1.04. The summed E-state index contributed by atoms with van der Waals surface area (Å²) < 4.78 is 24.4. The van der Waals surface area contributed by atoms with Crippen LogP contribution >= 0.6 is 27.8 Å². The molecule has 0 spiro atoms. The van der Waals surface area contributed by atoms with Crippen molar-refractivity contribution in [3.05, 3.63) is 0 Å². The molecule has 1 aliphatic heterocycles. The van der Waals surface area contributed by atoms with Crippen molar-refractivity contribution in [2.75, 3.05) is 26.4 Å². The molecular formula is C12H26INO6P2S. The molecule has 1 saturated heterocycles. The summed E-state index contributed by atoms with van der Waals surface area (Å²) >= 11 is 4.25. The maximum atomic E-state index is 11.9. The van der Waals surface area contributed by atoms with Gasteiger partial charge in [-0.3, -0.25) is 9.13 Å². The van der Waals surface area contributed by atoms with Crippen LogP contribution in [0.5, 0.6) is 0 Å². The lowest BCUT2D eigenvalue weighted by molar-refractivity contribution is -0.926. The van der Waals surface area contributed by atoms with Crippen LogP contribution in [0.4, 0.5) is 0 Å². The zero-order valence-corrected chi connectivity index (χ0v) is 18.1. The van der Waals surface area contributed by atoms with E-state index in [1.54, 1.807) is 0 Å². The predicted molar refractivity (Wildman–Crippen MR) is 86.9 cm³/mol. The van der Waals surface area contributed by atoms with Crippen LogP contribution in [0, 0.1) is 11.8 Å². The van der Waals surface area contributed by atoms with E-state index in [-0.39, 0.29) is 48.8 Å². The summed E-state index contributed by atoms with van der Waals surface area (Å²) in [6, 6.07) is -0.128. The van der Waals surface area contributed by atoms with Crippen molar-refractivity contribution in [2.24, 2.45) is 11.8 Å². The van der Waals surface area contributed by atoms with Gasteiger partial charge >= 0.3 is 15.2 Å². The normalized spacial score (nSPS) is 32.9. The monoisotopic (exact) mass is 501 g/mol. The highest BCUT2D eigenvalue weighted by Crippen LogP contribution is 2.76. The van der Waals surface area contributed by atoms with Crippen molar-refractivity contribution in [1.82, 2.24) is 0 Å². The van der Waals surface area contributed by atoms with E-state index in [9.17, 15) is 28.7 Å². The Bertz CT molecular complexity index is 514. The Balaban J connectivity index is 0.00000264. The zero-order chi connectivity index (χ0) is 17.0. The average Bonchev–Trinajstić information content (AvgIpc) is 2.69. The summed E-state index contributed by atoms with van der Waals surface area (Å²) in [7, 11) is -5.87. The van der Waals surface area contributed by atoms with E-state index in [0.717, 1.165) is 25.1 Å². The number of hydrogen-bond acceptors (Lipinski definition) is 3. The van der Waals surface area contributed by atoms with Gasteiger partial charge in [0.2, 0.25) is 0 Å². The van der Waals surface area contributed by atoms with Gasteiger partial charge in [-0.25, -0.2) is 0 Å². The average molecular weight is 501 g/mol. The lowest BCUT2D eigenvalue weighted by atomic mass is 9.82. The molecule has 138 valence electrons. The second-order valence-corrected chi connectivity index (χ2v) is 12.1. The van der Waals surface area contributed by atoms with E-state index in [1.165, 1.54) is 0 Å². The minimum atomic E-state index is -4.92. The summed E-state index contributed by atoms with van der Waals surface area (Å²) in [5.41, 5.74) is 0. The highest BCUT2D eigenvalue weighted by Gasteiger charge is 2.69. The number of hydrogen-bond donors (Lipinski definition) is 5. The molecule has 7 nitrogen and oxygen atoms in total. The Morgan fingerprint density at radius 3 is 2.09 bits per heavy atom. The molecule has 2 fully saturated rings. The summed E-state index contributed by atoms with van der Waals surface area (Å²) in [5, 5.41) is 0. The van der Waals surface area contributed by atoms with Gasteiger partial charge in [-0.15, -0.1) is 0 Å². The Morgan fingerprint density at radius 2 is 1.65 bits per heavy atom. The number of quaternary nitrogens is 1. The maximum absolute atomic E-state index is 11.9. The van der Waals surface area contributed by atoms with Gasteiger partial charge in [0, 0.05) is 18.3 Å². The fourth-order valence-electron chi connectivity index (χ4n) is 4.54. The topological polar surface area (TPSA) is 115 Å². The van der Waals surface area contributed by atoms with Gasteiger partial charge < -0.3 is 48.0 Å². The molecule has 0 amide bonds. The van der Waals surface area contributed by atoms with Crippen LogP contribution in [0.3, 0.4) is 0 Å². The first-order chi connectivity index (χ1) is 9.84. The molecule has 3 atom stereocenters. The molecule has 0 aromatic heterocycles. The lowest BCUT2D eigenvalue weighted by Gasteiger charge is -2.46. The fraction of sp³-hybridized carbons (Fsp3) is 1.00. The molecule has 11 heteroatoms. The SMILES string of the molecule is C[N+]1(C)CC(CCS)CC2CC(P(=O)(O)O)(P(=O)(O)O)CC21.[I-]. The van der Waals surface area contributed by atoms with Crippen LogP contribution in [0.2, 0.25) is 0 Å². The summed E-state index contributed by atoms with van der Waals surface area (Å²) in [4.78, 5) is 36.6. The summed E-state index contributed by atoms with van der Waals surface area (Å²) in [6.45, 7) is 0.847. The van der Waals surface area contributed by atoms with E-state index in [1.807, 2.05) is 14.1 Å². The van der Waals surface area contributed by atoms with E-state index in [2.05, 4.69) is 12.6 Å². The Morgan fingerprint density at radius 1 is 1.13 bits per heavy atom. The van der Waals surface area contributed by atoms with Gasteiger partial charge in [0.1, 0.15) is 0 Å². The quantitative estimate of drug-likeness (QED) is 0.135. The van der Waals surface area contributed by atoms with Crippen molar-refractivity contribution in [3.8, 4) is 0 Å². The number of fused-ring (bicyclic) bond motifs is 1. The third-order valence-electron chi connectivity index (χ3n) is 5.55. The van der Waals surface area contributed by atoms with E-state index < -0.39 is 20.1 Å². The number of thiol groups is 1. The van der Waals surface area contributed by atoms with Crippen molar-refractivity contribution in [2.45, 2.75) is 36.6 Å². The lowest BCUT2D eigenvalue weighted by Crippen LogP contribution is -3.00. The Labute approximate surface area is 159 Å². The molecule has 0 radical (unpaired) electrons. The predicted octanol–water partition coefficient (Wildman–Crippen LogP) is -1.76. The highest BCUT2D eigenvalue weighted by atomic mass is 127. The molecule has 1 heterocycles. The van der Waals surface area contributed by atoms with Crippen LogP contribution < -0.4 is 24.0 Å². The van der Waals surface area contributed by atoms with Gasteiger partial charge in [0.05, 0.1) is 26.7 Å². The van der Waals surface area contributed by atoms with Crippen molar-refractivity contribution < 1.29 is 57.2 Å². The molecule has 4 N–H and O–H groups in total. The highest BCUT2D eigenvalue weighted by molar-refractivity contribution is 7.80. The number of halogens is 1. The molecule has 0 bridgehead atoms. The van der Waals surface area contributed by atoms with Gasteiger partial charge in [-0.05, 0) is 25.0 Å². The van der Waals surface area contributed by atoms with Gasteiger partial charge in [-0.2, -0.15) is 12.6 Å². The van der Waals surface area contributed by atoms with E-state index >= 15 is 0 Å². The number of likely N-dealkylation sites (tertiary alicyclic amines) is 1. The minimum Gasteiger partial charge on any atom is -1.00 e. The Kier molecular flexibility index (Phi) is 6.97. The van der Waals surface area contributed by atoms with E-state index in [0.29, 0.717) is 10.4 Å². The first kappa shape index (κ1) is 22.4. The molecule has 23 heavy (non-hydrogen) atoms. The van der Waals surface area contributed by atoms with Crippen molar-refractivity contribution in [1.29, 1.82) is 0 Å². The second kappa shape index (κ2) is 7.16.